The largest absolute Gasteiger partial charge is 0.332 e. The van der Waals surface area contributed by atoms with E-state index >= 15 is 0 Å². The third-order valence-corrected chi connectivity index (χ3v) is 6.05. The van der Waals surface area contributed by atoms with Gasteiger partial charge in [-0.3, -0.25) is 18.7 Å². The number of fused-ring (bicyclic) bond motifs is 1. The molecule has 0 atom stereocenters. The van der Waals surface area contributed by atoms with Gasteiger partial charge in [0.2, 0.25) is 5.91 Å². The molecule has 0 aliphatic rings. The molecule has 2 aromatic carbocycles. The predicted molar refractivity (Wildman–Crippen MR) is 133 cm³/mol. The van der Waals surface area contributed by atoms with Gasteiger partial charge in [-0.25, -0.2) is 14.5 Å². The predicted octanol–water partition coefficient (Wildman–Crippen LogP) is 2.08. The molecular formula is C23H19BrN8O3. The minimum absolute atomic E-state index is 0.132. The Kier molecular flexibility index (Phi) is 5.65. The average Bonchev–Trinajstić information content (AvgIpc) is 3.50. The Morgan fingerprint density at radius 2 is 1.83 bits per heavy atom. The fraction of sp³-hybridized carbons (Fsp3) is 0.130. The van der Waals surface area contributed by atoms with Gasteiger partial charge >= 0.3 is 5.69 Å². The van der Waals surface area contributed by atoms with Gasteiger partial charge in [0.25, 0.3) is 5.56 Å². The smallest absolute Gasteiger partial charge is 0.325 e. The van der Waals surface area contributed by atoms with Gasteiger partial charge in [0, 0.05) is 29.8 Å². The van der Waals surface area contributed by atoms with Crippen molar-refractivity contribution in [1.29, 1.82) is 0 Å². The Morgan fingerprint density at radius 1 is 1.06 bits per heavy atom. The summed E-state index contributed by atoms with van der Waals surface area (Å²) in [6.45, 7) is -0.132. The van der Waals surface area contributed by atoms with E-state index in [1.54, 1.807) is 16.8 Å². The Hall–Kier alpha value is -4.32. The van der Waals surface area contributed by atoms with Crippen LogP contribution < -0.4 is 16.6 Å². The van der Waals surface area contributed by atoms with Crippen LogP contribution in [-0.4, -0.2) is 39.6 Å². The minimum atomic E-state index is -0.506. The van der Waals surface area contributed by atoms with Crippen LogP contribution in [0.25, 0.3) is 28.1 Å². The molecule has 3 heterocycles. The van der Waals surface area contributed by atoms with Gasteiger partial charge in [-0.05, 0) is 30.3 Å². The standard InChI is InChI=1S/C23H19BrN8O3/c1-29-21-20(22(34)30(2)23(29)35)31(13-25-21)12-19(33)26-16-8-6-14(7-9-16)18-11-32(28-27-18)17-5-3-4-15(24)10-17/h3-11,13H,12H2,1-2H3,(H,26,33). The first-order valence-corrected chi connectivity index (χ1v) is 11.3. The molecule has 176 valence electrons. The van der Waals surface area contributed by atoms with Crippen molar-refractivity contribution >= 4 is 38.7 Å². The molecule has 12 heteroatoms. The Morgan fingerprint density at radius 3 is 2.57 bits per heavy atom. The van der Waals surface area contributed by atoms with E-state index in [9.17, 15) is 14.4 Å². The summed E-state index contributed by atoms with van der Waals surface area (Å²) in [7, 11) is 2.92. The van der Waals surface area contributed by atoms with Gasteiger partial charge < -0.3 is 9.88 Å². The summed E-state index contributed by atoms with van der Waals surface area (Å²) in [5.74, 6) is -0.339. The molecular weight excluding hydrogens is 516 g/mol. The van der Waals surface area contributed by atoms with Gasteiger partial charge in [0.1, 0.15) is 12.2 Å². The van der Waals surface area contributed by atoms with Crippen molar-refractivity contribution in [2.45, 2.75) is 6.54 Å². The molecule has 0 radical (unpaired) electrons. The number of carbonyl (C=O) groups is 1. The summed E-state index contributed by atoms with van der Waals surface area (Å²) in [5.41, 5.74) is 2.43. The molecule has 0 saturated heterocycles. The summed E-state index contributed by atoms with van der Waals surface area (Å²) in [5, 5.41) is 11.2. The number of benzene rings is 2. The number of rotatable bonds is 5. The van der Waals surface area contributed by atoms with E-state index in [2.05, 4.69) is 36.5 Å². The summed E-state index contributed by atoms with van der Waals surface area (Å²) in [6, 6.07) is 14.9. The molecule has 0 aliphatic heterocycles. The van der Waals surface area contributed by atoms with Crippen molar-refractivity contribution < 1.29 is 4.79 Å². The highest BCUT2D eigenvalue weighted by Crippen LogP contribution is 2.21. The second kappa shape index (κ2) is 8.80. The first-order chi connectivity index (χ1) is 16.8. The van der Waals surface area contributed by atoms with Gasteiger partial charge in [-0.1, -0.05) is 39.3 Å². The summed E-state index contributed by atoms with van der Waals surface area (Å²) < 4.78 is 6.33. The molecule has 0 spiro atoms. The monoisotopic (exact) mass is 534 g/mol. The fourth-order valence-corrected chi connectivity index (χ4v) is 4.12. The lowest BCUT2D eigenvalue weighted by molar-refractivity contribution is -0.116. The van der Waals surface area contributed by atoms with E-state index in [-0.39, 0.29) is 23.6 Å². The Balaban J connectivity index is 1.31. The highest BCUT2D eigenvalue weighted by atomic mass is 79.9. The van der Waals surface area contributed by atoms with Crippen LogP contribution in [0, 0.1) is 0 Å². The molecule has 3 aromatic heterocycles. The van der Waals surface area contributed by atoms with Crippen molar-refractivity contribution in [3.05, 3.63) is 86.4 Å². The number of nitrogens with one attached hydrogen (secondary N) is 1. The van der Waals surface area contributed by atoms with Crippen LogP contribution in [0.5, 0.6) is 0 Å². The number of halogens is 1. The third kappa shape index (κ3) is 4.19. The molecule has 1 N–H and O–H groups in total. The van der Waals surface area contributed by atoms with Crippen molar-refractivity contribution in [3.63, 3.8) is 0 Å². The Bertz CT molecular complexity index is 1690. The maximum atomic E-state index is 12.6. The molecule has 0 unspecified atom stereocenters. The molecule has 5 aromatic rings. The van der Waals surface area contributed by atoms with Crippen molar-refractivity contribution in [2.24, 2.45) is 14.1 Å². The number of hydrogen-bond donors (Lipinski definition) is 1. The quantitative estimate of drug-likeness (QED) is 0.368. The van der Waals surface area contributed by atoms with Crippen molar-refractivity contribution in [3.8, 4) is 16.9 Å². The number of aromatic nitrogens is 7. The van der Waals surface area contributed by atoms with E-state index in [0.29, 0.717) is 11.4 Å². The lowest BCUT2D eigenvalue weighted by atomic mass is 10.1. The molecule has 0 aliphatic carbocycles. The number of imidazole rings is 1. The van der Waals surface area contributed by atoms with Crippen LogP contribution in [0.1, 0.15) is 0 Å². The number of hydrogen-bond acceptors (Lipinski definition) is 6. The summed E-state index contributed by atoms with van der Waals surface area (Å²) in [6.07, 6.45) is 3.20. The SMILES string of the molecule is Cn1c(=O)c2c(ncn2CC(=O)Nc2ccc(-c3cn(-c4cccc(Br)c4)nn3)cc2)n(C)c1=O. The second-order valence-electron chi connectivity index (χ2n) is 7.90. The number of nitrogens with zero attached hydrogens (tertiary/aromatic N) is 7. The maximum absolute atomic E-state index is 12.6. The van der Waals surface area contributed by atoms with Crippen LogP contribution in [0.2, 0.25) is 0 Å². The minimum Gasteiger partial charge on any atom is -0.325 e. The molecule has 35 heavy (non-hydrogen) atoms. The molecule has 5 rings (SSSR count). The molecule has 0 fully saturated rings. The van der Waals surface area contributed by atoms with Gasteiger partial charge in [-0.2, -0.15) is 0 Å². The molecule has 0 bridgehead atoms. The van der Waals surface area contributed by atoms with Crippen LogP contribution in [-0.2, 0) is 25.4 Å². The summed E-state index contributed by atoms with van der Waals surface area (Å²) >= 11 is 3.45. The van der Waals surface area contributed by atoms with Crippen LogP contribution in [0.15, 0.2) is 75.1 Å². The normalized spacial score (nSPS) is 11.2. The second-order valence-corrected chi connectivity index (χ2v) is 8.82. The topological polar surface area (TPSA) is 122 Å². The maximum Gasteiger partial charge on any atom is 0.332 e. The fourth-order valence-electron chi connectivity index (χ4n) is 3.74. The van der Waals surface area contributed by atoms with E-state index < -0.39 is 11.2 Å². The zero-order valence-electron chi connectivity index (χ0n) is 18.7. The zero-order chi connectivity index (χ0) is 24.7. The van der Waals surface area contributed by atoms with Gasteiger partial charge in [0.05, 0.1) is 18.2 Å². The zero-order valence-corrected chi connectivity index (χ0v) is 20.3. The highest BCUT2D eigenvalue weighted by molar-refractivity contribution is 9.10. The van der Waals surface area contributed by atoms with E-state index in [0.717, 1.165) is 20.3 Å². The Labute approximate surface area is 206 Å². The number of carbonyl (C=O) groups excluding carboxylic acids is 1. The first kappa shape index (κ1) is 22.5. The van der Waals surface area contributed by atoms with Crippen LogP contribution >= 0.6 is 15.9 Å². The molecule has 0 saturated carbocycles. The van der Waals surface area contributed by atoms with Gasteiger partial charge in [0.15, 0.2) is 11.2 Å². The van der Waals surface area contributed by atoms with Crippen LogP contribution in [0.3, 0.4) is 0 Å². The van der Waals surface area contributed by atoms with E-state index in [1.165, 1.54) is 29.6 Å². The van der Waals surface area contributed by atoms with Gasteiger partial charge in [-0.15, -0.1) is 5.10 Å². The lowest BCUT2D eigenvalue weighted by Crippen LogP contribution is -2.37. The van der Waals surface area contributed by atoms with E-state index in [4.69, 9.17) is 0 Å². The first-order valence-electron chi connectivity index (χ1n) is 10.5. The molecule has 11 nitrogen and oxygen atoms in total. The highest BCUT2D eigenvalue weighted by Gasteiger charge is 2.16. The van der Waals surface area contributed by atoms with Crippen molar-refractivity contribution in [1.82, 2.24) is 33.7 Å². The third-order valence-electron chi connectivity index (χ3n) is 5.56. The van der Waals surface area contributed by atoms with E-state index in [1.807, 2.05) is 42.6 Å². The number of anilines is 1. The van der Waals surface area contributed by atoms with Crippen molar-refractivity contribution in [2.75, 3.05) is 5.32 Å². The number of aryl methyl sites for hydroxylation is 1. The molecule has 1 amide bonds. The summed E-state index contributed by atoms with van der Waals surface area (Å²) in [4.78, 5) is 41.4. The number of amides is 1. The van der Waals surface area contributed by atoms with Crippen LogP contribution in [0.4, 0.5) is 5.69 Å². The average molecular weight is 535 g/mol. The lowest BCUT2D eigenvalue weighted by Gasteiger charge is -2.08.